The Kier molecular flexibility index (Phi) is 5.22. The Morgan fingerprint density at radius 1 is 1.35 bits per heavy atom. The van der Waals surface area contributed by atoms with Gasteiger partial charge in [-0.3, -0.25) is 0 Å². The van der Waals surface area contributed by atoms with Gasteiger partial charge in [-0.2, -0.15) is 0 Å². The van der Waals surface area contributed by atoms with Gasteiger partial charge in [0, 0.05) is 6.61 Å². The first-order valence-electron chi connectivity index (χ1n) is 8.05. The Morgan fingerprint density at radius 2 is 2.10 bits per heavy atom. The van der Waals surface area contributed by atoms with Gasteiger partial charge in [0.05, 0.1) is 11.6 Å². The minimum absolute atomic E-state index is 0.151. The van der Waals surface area contributed by atoms with Crippen LogP contribution in [0, 0.1) is 0 Å². The molecular formula is C18H29NO. The van der Waals surface area contributed by atoms with E-state index in [4.69, 9.17) is 4.74 Å². The van der Waals surface area contributed by atoms with Crippen molar-refractivity contribution < 1.29 is 4.74 Å². The van der Waals surface area contributed by atoms with Crippen molar-refractivity contribution in [1.29, 1.82) is 0 Å². The highest BCUT2D eigenvalue weighted by Gasteiger charge is 2.34. The topological polar surface area (TPSA) is 21.3 Å². The van der Waals surface area contributed by atoms with Crippen LogP contribution >= 0.6 is 0 Å². The fourth-order valence-electron chi connectivity index (χ4n) is 3.28. The second-order valence-electron chi connectivity index (χ2n) is 6.12. The molecule has 0 amide bonds. The summed E-state index contributed by atoms with van der Waals surface area (Å²) in [5, 5.41) is 3.47. The van der Waals surface area contributed by atoms with Crippen molar-refractivity contribution in [2.24, 2.45) is 0 Å². The molecule has 2 rings (SSSR count). The number of hydrogen-bond acceptors (Lipinski definition) is 2. The van der Waals surface area contributed by atoms with Crippen molar-refractivity contribution >= 4 is 0 Å². The van der Waals surface area contributed by atoms with Gasteiger partial charge in [0.25, 0.3) is 0 Å². The van der Waals surface area contributed by atoms with Crippen LogP contribution < -0.4 is 5.32 Å². The maximum Gasteiger partial charge on any atom is 0.0845 e. The van der Waals surface area contributed by atoms with Crippen molar-refractivity contribution in [3.05, 3.63) is 35.4 Å². The molecule has 0 aromatic heterocycles. The molecule has 20 heavy (non-hydrogen) atoms. The molecule has 1 fully saturated rings. The minimum Gasteiger partial charge on any atom is -0.374 e. The monoisotopic (exact) mass is 275 g/mol. The molecule has 1 aliphatic carbocycles. The maximum absolute atomic E-state index is 6.06. The summed E-state index contributed by atoms with van der Waals surface area (Å²) in [5.41, 5.74) is 2.71. The first-order valence-corrected chi connectivity index (χ1v) is 8.05. The minimum atomic E-state index is -0.151. The molecule has 0 saturated heterocycles. The smallest absolute Gasteiger partial charge is 0.0845 e. The molecule has 0 aliphatic heterocycles. The van der Waals surface area contributed by atoms with E-state index in [0.717, 1.165) is 18.9 Å². The molecule has 0 radical (unpaired) electrons. The normalized spacial score (nSPS) is 20.2. The summed E-state index contributed by atoms with van der Waals surface area (Å²) in [5.74, 6) is 0.785. The van der Waals surface area contributed by atoms with Gasteiger partial charge in [-0.1, -0.05) is 37.6 Å². The third kappa shape index (κ3) is 3.07. The second-order valence-corrected chi connectivity index (χ2v) is 6.12. The first-order chi connectivity index (χ1) is 9.64. The molecule has 2 unspecified atom stereocenters. The number of nitrogens with one attached hydrogen (secondary N) is 1. The van der Waals surface area contributed by atoms with Crippen LogP contribution in [0.1, 0.15) is 69.5 Å². The summed E-state index contributed by atoms with van der Waals surface area (Å²) < 4.78 is 6.06. The standard InChI is InChI=1S/C18H29NO/c1-5-18(3,20-6-2)17(19-4)16-12-8-11-15(13-16)14-9-7-10-14/h8,11-14,17,19H,5-7,9-10H2,1-4H3. The molecule has 1 aromatic carbocycles. The summed E-state index contributed by atoms with van der Waals surface area (Å²) >= 11 is 0. The molecule has 1 saturated carbocycles. The molecule has 0 bridgehead atoms. The molecule has 1 N–H and O–H groups in total. The molecule has 112 valence electrons. The average Bonchev–Trinajstić information content (AvgIpc) is 2.38. The maximum atomic E-state index is 6.06. The van der Waals surface area contributed by atoms with E-state index in [1.165, 1.54) is 30.4 Å². The average molecular weight is 275 g/mol. The van der Waals surface area contributed by atoms with Crippen molar-refractivity contribution in [3.8, 4) is 0 Å². The third-order valence-electron chi connectivity index (χ3n) is 4.90. The van der Waals surface area contributed by atoms with Crippen LogP contribution in [0.15, 0.2) is 24.3 Å². The molecule has 0 spiro atoms. The predicted octanol–water partition coefficient (Wildman–Crippen LogP) is 4.42. The number of ether oxygens (including phenoxy) is 1. The van der Waals surface area contributed by atoms with E-state index in [1.54, 1.807) is 0 Å². The molecule has 0 heterocycles. The van der Waals surface area contributed by atoms with E-state index in [-0.39, 0.29) is 11.6 Å². The van der Waals surface area contributed by atoms with Crippen LogP contribution in [0.5, 0.6) is 0 Å². The van der Waals surface area contributed by atoms with Gasteiger partial charge in [-0.25, -0.2) is 0 Å². The lowest BCUT2D eigenvalue weighted by atomic mass is 9.78. The van der Waals surface area contributed by atoms with Gasteiger partial charge in [-0.15, -0.1) is 0 Å². The van der Waals surface area contributed by atoms with Crippen LogP contribution in [0.25, 0.3) is 0 Å². The van der Waals surface area contributed by atoms with Crippen LogP contribution in [0.3, 0.4) is 0 Å². The van der Waals surface area contributed by atoms with Crippen molar-refractivity contribution in [2.75, 3.05) is 13.7 Å². The lowest BCUT2D eigenvalue weighted by molar-refractivity contribution is -0.0547. The van der Waals surface area contributed by atoms with Crippen molar-refractivity contribution in [2.45, 2.75) is 64.0 Å². The highest BCUT2D eigenvalue weighted by Crippen LogP contribution is 2.38. The third-order valence-corrected chi connectivity index (χ3v) is 4.90. The number of benzene rings is 1. The Balaban J connectivity index is 2.26. The van der Waals surface area contributed by atoms with Crippen LogP contribution in [0.2, 0.25) is 0 Å². The lowest BCUT2D eigenvalue weighted by Crippen LogP contribution is -2.42. The highest BCUT2D eigenvalue weighted by atomic mass is 16.5. The van der Waals surface area contributed by atoms with E-state index >= 15 is 0 Å². The molecule has 1 aromatic rings. The van der Waals surface area contributed by atoms with Gasteiger partial charge in [-0.05, 0) is 57.2 Å². The van der Waals surface area contributed by atoms with Gasteiger partial charge in [0.15, 0.2) is 0 Å². The zero-order valence-corrected chi connectivity index (χ0v) is 13.4. The predicted molar refractivity (Wildman–Crippen MR) is 85.2 cm³/mol. The summed E-state index contributed by atoms with van der Waals surface area (Å²) in [6.45, 7) is 7.25. The number of hydrogen-bond donors (Lipinski definition) is 1. The Hall–Kier alpha value is -0.860. The Bertz CT molecular complexity index is 427. The highest BCUT2D eigenvalue weighted by molar-refractivity contribution is 5.31. The van der Waals surface area contributed by atoms with E-state index in [0.29, 0.717) is 0 Å². The summed E-state index contributed by atoms with van der Waals surface area (Å²) in [4.78, 5) is 0. The zero-order chi connectivity index (χ0) is 14.6. The van der Waals surface area contributed by atoms with Crippen molar-refractivity contribution in [1.82, 2.24) is 5.32 Å². The summed E-state index contributed by atoms with van der Waals surface area (Å²) in [7, 11) is 2.04. The second kappa shape index (κ2) is 6.73. The Labute approximate surface area is 123 Å². The van der Waals surface area contributed by atoms with Gasteiger partial charge in [0.2, 0.25) is 0 Å². The van der Waals surface area contributed by atoms with E-state index in [9.17, 15) is 0 Å². The van der Waals surface area contributed by atoms with Crippen LogP contribution in [0.4, 0.5) is 0 Å². The number of rotatable bonds is 7. The summed E-state index contributed by atoms with van der Waals surface area (Å²) in [6, 6.07) is 9.35. The Morgan fingerprint density at radius 3 is 2.60 bits per heavy atom. The SMILES string of the molecule is CCOC(C)(CC)C(NC)c1cccc(C2CCC2)c1. The number of likely N-dealkylation sites (N-methyl/N-ethyl adjacent to an activating group) is 1. The van der Waals surface area contributed by atoms with Gasteiger partial charge in [0.1, 0.15) is 0 Å². The molecule has 2 atom stereocenters. The molecule has 1 aliphatic rings. The molecule has 2 heteroatoms. The molecule has 2 nitrogen and oxygen atoms in total. The van der Waals surface area contributed by atoms with E-state index < -0.39 is 0 Å². The fraction of sp³-hybridized carbons (Fsp3) is 0.667. The zero-order valence-electron chi connectivity index (χ0n) is 13.4. The van der Waals surface area contributed by atoms with Gasteiger partial charge >= 0.3 is 0 Å². The van der Waals surface area contributed by atoms with Crippen molar-refractivity contribution in [3.63, 3.8) is 0 Å². The summed E-state index contributed by atoms with van der Waals surface area (Å²) in [6.07, 6.45) is 5.09. The molecular weight excluding hydrogens is 246 g/mol. The van der Waals surface area contributed by atoms with Crippen LogP contribution in [-0.4, -0.2) is 19.3 Å². The first kappa shape index (κ1) is 15.5. The quantitative estimate of drug-likeness (QED) is 0.795. The van der Waals surface area contributed by atoms with E-state index in [1.807, 2.05) is 7.05 Å². The lowest BCUT2D eigenvalue weighted by Gasteiger charge is -2.37. The van der Waals surface area contributed by atoms with Gasteiger partial charge < -0.3 is 10.1 Å². The van der Waals surface area contributed by atoms with E-state index in [2.05, 4.69) is 50.4 Å². The van der Waals surface area contributed by atoms with Crippen LogP contribution in [-0.2, 0) is 4.74 Å². The fourth-order valence-corrected chi connectivity index (χ4v) is 3.28. The largest absolute Gasteiger partial charge is 0.374 e.